The van der Waals surface area contributed by atoms with Crippen LogP contribution >= 0.6 is 22.7 Å². The number of hydrogen-bond acceptors (Lipinski definition) is 10. The highest BCUT2D eigenvalue weighted by Gasteiger charge is 2.17. The highest BCUT2D eigenvalue weighted by molar-refractivity contribution is 7.22. The van der Waals surface area contributed by atoms with E-state index in [1.165, 1.54) is 35.6 Å². The summed E-state index contributed by atoms with van der Waals surface area (Å²) < 4.78 is 7.78. The van der Waals surface area contributed by atoms with Gasteiger partial charge in [0.2, 0.25) is 0 Å². The molecule has 41 heavy (non-hydrogen) atoms. The molecule has 0 saturated carbocycles. The van der Waals surface area contributed by atoms with E-state index >= 15 is 0 Å². The number of thiazole rings is 2. The third-order valence-corrected chi connectivity index (χ3v) is 8.02. The van der Waals surface area contributed by atoms with Crippen molar-refractivity contribution in [2.24, 2.45) is 0 Å². The number of aromatic hydroxyl groups is 1. The predicted molar refractivity (Wildman–Crippen MR) is 161 cm³/mol. The first-order valence-electron chi connectivity index (χ1n) is 12.4. The summed E-state index contributed by atoms with van der Waals surface area (Å²) in [5, 5.41) is 32.9. The zero-order valence-electron chi connectivity index (χ0n) is 21.6. The largest absolute Gasteiger partial charge is 0.507 e. The second kappa shape index (κ2) is 12.1. The molecular formula is C29H22N4O6S2. The molecule has 4 aromatic carbocycles. The summed E-state index contributed by atoms with van der Waals surface area (Å²) >= 11 is 2.99. The molecule has 6 rings (SSSR count). The zero-order chi connectivity index (χ0) is 28.9. The second-order valence-electron chi connectivity index (χ2n) is 8.72. The van der Waals surface area contributed by atoms with Crippen molar-refractivity contribution in [2.75, 3.05) is 6.61 Å². The van der Waals surface area contributed by atoms with Crippen LogP contribution in [0.4, 0.5) is 11.4 Å². The second-order valence-corrected chi connectivity index (χ2v) is 10.8. The molecule has 0 saturated heterocycles. The Kier molecular flexibility index (Phi) is 8.13. The first kappa shape index (κ1) is 27.6. The van der Waals surface area contributed by atoms with Gasteiger partial charge >= 0.3 is 0 Å². The van der Waals surface area contributed by atoms with E-state index in [2.05, 4.69) is 9.97 Å². The van der Waals surface area contributed by atoms with Crippen LogP contribution in [0.3, 0.4) is 0 Å². The van der Waals surface area contributed by atoms with E-state index in [0.29, 0.717) is 22.9 Å². The topological polar surface area (TPSA) is 142 Å². The summed E-state index contributed by atoms with van der Waals surface area (Å²) in [6, 6.07) is 24.2. The standard InChI is InChI=1S/C16H14N2O3S.C13H8N2O3S/c1-2-9-21-14-10-11(18(19)20)7-8-12(14)16-17-13-5-3-4-6-15(13)22-16;16-11-7-8(15(17)18)5-6-9(11)13-14-10-3-1-2-4-12(10)19-13/h3-8,10H,2,9H2,1H3;1-7,16H. The molecule has 0 radical (unpaired) electrons. The first-order chi connectivity index (χ1) is 19.8. The van der Waals surface area contributed by atoms with Crippen molar-refractivity contribution in [2.45, 2.75) is 13.3 Å². The maximum atomic E-state index is 11.0. The lowest BCUT2D eigenvalue weighted by Crippen LogP contribution is -1.98. The number of phenols is 1. The van der Waals surface area contributed by atoms with Gasteiger partial charge in [-0.25, -0.2) is 9.97 Å². The number of nitrogens with zero attached hydrogens (tertiary/aromatic N) is 4. The van der Waals surface area contributed by atoms with Crippen LogP contribution in [0.5, 0.6) is 11.5 Å². The average molecular weight is 587 g/mol. The summed E-state index contributed by atoms with van der Waals surface area (Å²) in [5.74, 6) is 0.378. The molecule has 6 aromatic rings. The Morgan fingerprint density at radius 3 is 1.78 bits per heavy atom. The molecule has 0 amide bonds. The summed E-state index contributed by atoms with van der Waals surface area (Å²) in [6.45, 7) is 2.51. The molecular weight excluding hydrogens is 564 g/mol. The Bertz CT molecular complexity index is 1820. The van der Waals surface area contributed by atoms with Crippen molar-refractivity contribution >= 4 is 54.5 Å². The van der Waals surface area contributed by atoms with Crippen LogP contribution in [0, 0.1) is 20.2 Å². The van der Waals surface area contributed by atoms with Gasteiger partial charge in [-0.15, -0.1) is 22.7 Å². The summed E-state index contributed by atoms with van der Waals surface area (Å²) in [6.07, 6.45) is 0.835. The van der Waals surface area contributed by atoms with Crippen LogP contribution in [0.2, 0.25) is 0 Å². The highest BCUT2D eigenvalue weighted by Crippen LogP contribution is 2.38. The van der Waals surface area contributed by atoms with Gasteiger partial charge in [-0.05, 0) is 42.8 Å². The number of para-hydroxylation sites is 2. The van der Waals surface area contributed by atoms with Gasteiger partial charge < -0.3 is 9.84 Å². The first-order valence-corrected chi connectivity index (χ1v) is 14.1. The maximum Gasteiger partial charge on any atom is 0.273 e. The molecule has 0 bridgehead atoms. The lowest BCUT2D eigenvalue weighted by atomic mass is 10.2. The van der Waals surface area contributed by atoms with Gasteiger partial charge in [0.25, 0.3) is 11.4 Å². The van der Waals surface area contributed by atoms with Crippen LogP contribution in [0.1, 0.15) is 13.3 Å². The lowest BCUT2D eigenvalue weighted by Gasteiger charge is -2.08. The fourth-order valence-electron chi connectivity index (χ4n) is 3.92. The maximum absolute atomic E-state index is 11.0. The normalized spacial score (nSPS) is 10.8. The minimum Gasteiger partial charge on any atom is -0.507 e. The Morgan fingerprint density at radius 1 is 0.756 bits per heavy atom. The van der Waals surface area contributed by atoms with Crippen molar-refractivity contribution in [3.05, 3.63) is 105 Å². The van der Waals surface area contributed by atoms with E-state index in [0.717, 1.165) is 43.5 Å². The highest BCUT2D eigenvalue weighted by atomic mass is 32.1. The molecule has 1 N–H and O–H groups in total. The number of non-ortho nitro benzene ring substituents is 2. The molecule has 0 unspecified atom stereocenters. The molecule has 0 atom stereocenters. The third-order valence-electron chi connectivity index (χ3n) is 5.88. The Morgan fingerprint density at radius 2 is 1.27 bits per heavy atom. The predicted octanol–water partition coefficient (Wildman–Crippen LogP) is 8.24. The number of rotatable bonds is 7. The van der Waals surface area contributed by atoms with Crippen molar-refractivity contribution in [1.29, 1.82) is 0 Å². The van der Waals surface area contributed by atoms with Crippen LogP contribution in [0.15, 0.2) is 84.9 Å². The average Bonchev–Trinajstić information content (AvgIpc) is 3.60. The van der Waals surface area contributed by atoms with Gasteiger partial charge in [0.15, 0.2) is 0 Å². The molecule has 0 aliphatic carbocycles. The Labute approximate surface area is 241 Å². The van der Waals surface area contributed by atoms with Crippen molar-refractivity contribution in [3.63, 3.8) is 0 Å². The van der Waals surface area contributed by atoms with E-state index < -0.39 is 9.85 Å². The Hall–Kier alpha value is -4.94. The number of nitro groups is 2. The van der Waals surface area contributed by atoms with E-state index in [4.69, 9.17) is 4.74 Å². The van der Waals surface area contributed by atoms with Crippen LogP contribution in [-0.4, -0.2) is 31.5 Å². The monoisotopic (exact) mass is 586 g/mol. The van der Waals surface area contributed by atoms with E-state index in [-0.39, 0.29) is 17.1 Å². The lowest BCUT2D eigenvalue weighted by molar-refractivity contribution is -0.385. The molecule has 0 spiro atoms. The summed E-state index contributed by atoms with van der Waals surface area (Å²) in [5.41, 5.74) is 2.95. The number of hydrogen-bond donors (Lipinski definition) is 1. The van der Waals surface area contributed by atoms with E-state index in [1.807, 2.05) is 55.5 Å². The fraction of sp³-hybridized carbons (Fsp3) is 0.103. The molecule has 2 aromatic heterocycles. The number of phenolic OH excluding ortho intramolecular Hbond substituents is 1. The molecule has 0 fully saturated rings. The minimum atomic E-state index is -0.540. The number of benzene rings is 4. The third kappa shape index (κ3) is 6.13. The molecule has 0 aliphatic rings. The van der Waals surface area contributed by atoms with Crippen molar-refractivity contribution < 1.29 is 19.7 Å². The Balaban J connectivity index is 0.000000166. The summed E-state index contributed by atoms with van der Waals surface area (Å²) in [7, 11) is 0. The smallest absolute Gasteiger partial charge is 0.273 e. The van der Waals surface area contributed by atoms with Crippen molar-refractivity contribution in [1.82, 2.24) is 9.97 Å². The molecule has 10 nitrogen and oxygen atoms in total. The number of nitro benzene ring substituents is 2. The SMILES string of the molecule is CCCOc1cc([N+](=O)[O-])ccc1-c1nc2ccccc2s1.O=[N+]([O-])c1ccc(-c2nc3ccccc3s2)c(O)c1. The van der Waals surface area contributed by atoms with Gasteiger partial charge in [0, 0.05) is 12.1 Å². The van der Waals surface area contributed by atoms with Crippen molar-refractivity contribution in [3.8, 4) is 32.6 Å². The van der Waals surface area contributed by atoms with Crippen LogP contribution in [-0.2, 0) is 0 Å². The van der Waals surface area contributed by atoms with Gasteiger partial charge in [0.1, 0.15) is 21.5 Å². The van der Waals surface area contributed by atoms with Crippen LogP contribution in [0.25, 0.3) is 41.6 Å². The molecule has 12 heteroatoms. The van der Waals surface area contributed by atoms with Gasteiger partial charge in [-0.3, -0.25) is 20.2 Å². The van der Waals surface area contributed by atoms with Gasteiger partial charge in [0.05, 0.1) is 60.1 Å². The number of fused-ring (bicyclic) bond motifs is 2. The van der Waals surface area contributed by atoms with Crippen LogP contribution < -0.4 is 4.74 Å². The number of ether oxygens (including phenoxy) is 1. The fourth-order valence-corrected chi connectivity index (χ4v) is 5.92. The molecule has 206 valence electrons. The van der Waals surface area contributed by atoms with Gasteiger partial charge in [-0.2, -0.15) is 0 Å². The van der Waals surface area contributed by atoms with E-state index in [9.17, 15) is 25.3 Å². The quantitative estimate of drug-likeness (QED) is 0.146. The van der Waals surface area contributed by atoms with Gasteiger partial charge in [-0.1, -0.05) is 31.2 Å². The minimum absolute atomic E-state index is 0.0240. The molecule has 2 heterocycles. The number of aromatic nitrogens is 2. The summed E-state index contributed by atoms with van der Waals surface area (Å²) in [4.78, 5) is 29.6. The van der Waals surface area contributed by atoms with E-state index in [1.54, 1.807) is 17.4 Å². The zero-order valence-corrected chi connectivity index (χ0v) is 23.2. The molecule has 0 aliphatic heterocycles.